The Morgan fingerprint density at radius 2 is 2.00 bits per heavy atom. The minimum Gasteiger partial charge on any atom is -0.450 e. The minimum absolute atomic E-state index is 0.0188. The van der Waals surface area contributed by atoms with Crippen LogP contribution in [0.5, 0.6) is 0 Å². The number of nitrogens with one attached hydrogen (secondary N) is 1. The first-order valence-electron chi connectivity index (χ1n) is 9.38. The van der Waals surface area contributed by atoms with Gasteiger partial charge in [0.2, 0.25) is 0 Å². The van der Waals surface area contributed by atoms with Gasteiger partial charge in [0, 0.05) is 25.6 Å². The molecule has 144 valence electrons. The van der Waals surface area contributed by atoms with E-state index in [1.807, 2.05) is 17.0 Å². The van der Waals surface area contributed by atoms with E-state index in [0.717, 1.165) is 12.0 Å². The van der Waals surface area contributed by atoms with Gasteiger partial charge in [0.05, 0.1) is 12.6 Å². The number of hydrogen-bond acceptors (Lipinski definition) is 5. The third-order valence-corrected chi connectivity index (χ3v) is 5.54. The molecule has 2 aliphatic heterocycles. The fourth-order valence-electron chi connectivity index (χ4n) is 4.33. The number of amides is 4. The molecule has 1 N–H and O–H groups in total. The van der Waals surface area contributed by atoms with Crippen LogP contribution < -0.4 is 5.32 Å². The highest BCUT2D eigenvalue weighted by atomic mass is 16.6. The van der Waals surface area contributed by atoms with Gasteiger partial charge in [-0.1, -0.05) is 24.3 Å². The first kappa shape index (κ1) is 17.6. The Morgan fingerprint density at radius 3 is 2.74 bits per heavy atom. The maximum atomic E-state index is 12.5. The summed E-state index contributed by atoms with van der Waals surface area (Å²) in [6, 6.07) is 7.67. The lowest BCUT2D eigenvalue weighted by Crippen LogP contribution is -2.51. The van der Waals surface area contributed by atoms with Crippen LogP contribution in [0, 0.1) is 0 Å². The largest absolute Gasteiger partial charge is 0.450 e. The number of fused-ring (bicyclic) bond motifs is 3. The zero-order valence-electron chi connectivity index (χ0n) is 15.2. The topological polar surface area (TPSA) is 88.2 Å². The molecule has 8 heteroatoms. The summed E-state index contributed by atoms with van der Waals surface area (Å²) in [5.41, 5.74) is 2.40. The van der Waals surface area contributed by atoms with Gasteiger partial charge in [0.15, 0.2) is 0 Å². The molecule has 4 amide bonds. The van der Waals surface area contributed by atoms with Gasteiger partial charge in [-0.3, -0.25) is 4.90 Å². The van der Waals surface area contributed by atoms with E-state index in [-0.39, 0.29) is 30.9 Å². The maximum Gasteiger partial charge on any atom is 0.415 e. The molecule has 2 fully saturated rings. The molecule has 0 saturated carbocycles. The lowest BCUT2D eigenvalue weighted by atomic mass is 9.99. The summed E-state index contributed by atoms with van der Waals surface area (Å²) in [5.74, 6) is 0. The predicted molar refractivity (Wildman–Crippen MR) is 95.1 cm³/mol. The van der Waals surface area contributed by atoms with E-state index >= 15 is 0 Å². The third kappa shape index (κ3) is 3.20. The molecule has 4 rings (SSSR count). The summed E-state index contributed by atoms with van der Waals surface area (Å²) < 4.78 is 10.4. The minimum atomic E-state index is -0.738. The molecular formula is C19H23N3O5. The molecule has 0 spiro atoms. The number of carbonyl (C=O) groups excluding carboxylic acids is 3. The van der Waals surface area contributed by atoms with Crippen LogP contribution in [-0.4, -0.2) is 59.9 Å². The van der Waals surface area contributed by atoms with Gasteiger partial charge in [-0.2, -0.15) is 0 Å². The first-order valence-corrected chi connectivity index (χ1v) is 9.38. The number of urea groups is 1. The van der Waals surface area contributed by atoms with Crippen LogP contribution in [0.4, 0.5) is 14.4 Å². The average Bonchev–Trinajstić information content (AvgIpc) is 3.16. The van der Waals surface area contributed by atoms with Crippen molar-refractivity contribution in [3.05, 3.63) is 35.4 Å². The van der Waals surface area contributed by atoms with Crippen molar-refractivity contribution in [3.63, 3.8) is 0 Å². The fraction of sp³-hybridized carbons (Fsp3) is 0.526. The zero-order valence-corrected chi connectivity index (χ0v) is 15.2. The molecule has 1 aliphatic carbocycles. The van der Waals surface area contributed by atoms with E-state index in [2.05, 4.69) is 17.4 Å². The van der Waals surface area contributed by atoms with Crippen molar-refractivity contribution < 1.29 is 23.9 Å². The van der Waals surface area contributed by atoms with Crippen LogP contribution in [0.3, 0.4) is 0 Å². The second kappa shape index (κ2) is 7.09. The average molecular weight is 373 g/mol. The molecule has 8 nitrogen and oxygen atoms in total. The monoisotopic (exact) mass is 373 g/mol. The van der Waals surface area contributed by atoms with Gasteiger partial charge in [-0.15, -0.1) is 0 Å². The highest BCUT2D eigenvalue weighted by molar-refractivity contribution is 5.90. The number of nitrogens with zero attached hydrogens (tertiary/aromatic N) is 2. The van der Waals surface area contributed by atoms with Gasteiger partial charge in [-0.05, 0) is 30.9 Å². The number of likely N-dealkylation sites (tertiary alicyclic amines) is 1. The van der Waals surface area contributed by atoms with Crippen molar-refractivity contribution >= 4 is 18.2 Å². The summed E-state index contributed by atoms with van der Waals surface area (Å²) in [4.78, 5) is 39.5. The smallest absolute Gasteiger partial charge is 0.415 e. The van der Waals surface area contributed by atoms with Crippen molar-refractivity contribution in [1.29, 1.82) is 0 Å². The van der Waals surface area contributed by atoms with Gasteiger partial charge < -0.3 is 14.4 Å². The van der Waals surface area contributed by atoms with Gasteiger partial charge in [0.1, 0.15) is 6.10 Å². The number of benzene rings is 1. The standard InChI is InChI=1S/C19H23N3O5/c1-2-26-18(24)20-17(23)21-9-7-13(8-10-21)22-16-14-6-4-3-5-12(14)11-15(16)27-19(22)25/h3-6,13,15-16H,2,7-11H2,1H3,(H,20,23,24)/t15-,16+/m0/s1. The molecule has 1 aromatic rings. The summed E-state index contributed by atoms with van der Waals surface area (Å²) in [7, 11) is 0. The molecule has 27 heavy (non-hydrogen) atoms. The van der Waals surface area contributed by atoms with Crippen molar-refractivity contribution in [2.45, 2.75) is 44.4 Å². The second-order valence-corrected chi connectivity index (χ2v) is 7.05. The Kier molecular flexibility index (Phi) is 4.63. The number of rotatable bonds is 2. The molecule has 1 aromatic carbocycles. The van der Waals surface area contributed by atoms with Crippen LogP contribution >= 0.6 is 0 Å². The number of imide groups is 1. The van der Waals surface area contributed by atoms with Crippen molar-refractivity contribution in [2.24, 2.45) is 0 Å². The molecule has 0 radical (unpaired) electrons. The fourth-order valence-corrected chi connectivity index (χ4v) is 4.33. The second-order valence-electron chi connectivity index (χ2n) is 7.05. The van der Waals surface area contributed by atoms with E-state index in [1.165, 1.54) is 5.56 Å². The van der Waals surface area contributed by atoms with Crippen molar-refractivity contribution in [1.82, 2.24) is 15.1 Å². The van der Waals surface area contributed by atoms with Crippen LogP contribution in [0.15, 0.2) is 24.3 Å². The van der Waals surface area contributed by atoms with Gasteiger partial charge in [0.25, 0.3) is 0 Å². The molecule has 2 atom stereocenters. The first-order chi connectivity index (χ1) is 13.1. The summed E-state index contributed by atoms with van der Waals surface area (Å²) in [6.07, 6.45) is 0.921. The number of piperidine rings is 1. The molecule has 3 aliphatic rings. The van der Waals surface area contributed by atoms with Gasteiger partial charge in [-0.25, -0.2) is 19.7 Å². The molecule has 0 aromatic heterocycles. The normalized spacial score (nSPS) is 24.3. The Bertz CT molecular complexity index is 759. The van der Waals surface area contributed by atoms with Crippen LogP contribution in [0.2, 0.25) is 0 Å². The Labute approximate surface area is 157 Å². The maximum absolute atomic E-state index is 12.5. The molecule has 0 bridgehead atoms. The Hall–Kier alpha value is -2.77. The molecule has 2 heterocycles. The van der Waals surface area contributed by atoms with Crippen LogP contribution in [-0.2, 0) is 15.9 Å². The number of alkyl carbamates (subject to hydrolysis) is 1. The summed E-state index contributed by atoms with van der Waals surface area (Å²) in [5, 5.41) is 2.21. The van der Waals surface area contributed by atoms with Crippen LogP contribution in [0.25, 0.3) is 0 Å². The SMILES string of the molecule is CCOC(=O)NC(=O)N1CCC(N2C(=O)O[C@H]3Cc4ccccc4[C@H]32)CC1. The Morgan fingerprint density at radius 1 is 1.26 bits per heavy atom. The molecular weight excluding hydrogens is 350 g/mol. The van der Waals surface area contributed by atoms with Crippen molar-refractivity contribution in [2.75, 3.05) is 19.7 Å². The lowest BCUT2D eigenvalue weighted by Gasteiger charge is -2.37. The summed E-state index contributed by atoms with van der Waals surface area (Å²) >= 11 is 0. The quantitative estimate of drug-likeness (QED) is 0.860. The summed E-state index contributed by atoms with van der Waals surface area (Å²) in [6.45, 7) is 2.83. The highest BCUT2D eigenvalue weighted by Gasteiger charge is 2.50. The Balaban J connectivity index is 1.40. The lowest BCUT2D eigenvalue weighted by molar-refractivity contribution is 0.110. The molecule has 0 unspecified atom stereocenters. The van der Waals surface area contributed by atoms with Gasteiger partial charge >= 0.3 is 18.2 Å². The van der Waals surface area contributed by atoms with E-state index in [1.54, 1.807) is 11.8 Å². The van der Waals surface area contributed by atoms with E-state index in [0.29, 0.717) is 25.9 Å². The van der Waals surface area contributed by atoms with Crippen molar-refractivity contribution in [3.8, 4) is 0 Å². The number of carbonyl (C=O) groups is 3. The highest BCUT2D eigenvalue weighted by Crippen LogP contribution is 2.44. The molecule has 2 saturated heterocycles. The van der Waals surface area contributed by atoms with Crippen LogP contribution in [0.1, 0.15) is 36.9 Å². The zero-order chi connectivity index (χ0) is 19.0. The van der Waals surface area contributed by atoms with E-state index in [9.17, 15) is 14.4 Å². The number of hydrogen-bond donors (Lipinski definition) is 1. The van der Waals surface area contributed by atoms with E-state index < -0.39 is 12.1 Å². The predicted octanol–water partition coefficient (Wildman–Crippen LogP) is 2.44. The third-order valence-electron chi connectivity index (χ3n) is 5.54. The number of ether oxygens (including phenoxy) is 2. The van der Waals surface area contributed by atoms with E-state index in [4.69, 9.17) is 9.47 Å².